The van der Waals surface area contributed by atoms with Gasteiger partial charge >= 0.3 is 5.97 Å². The lowest BCUT2D eigenvalue weighted by atomic mass is 10.0. The molecule has 0 aliphatic heterocycles. The van der Waals surface area contributed by atoms with Crippen molar-refractivity contribution in [1.82, 2.24) is 10.2 Å². The van der Waals surface area contributed by atoms with Crippen molar-refractivity contribution in [3.8, 4) is 5.75 Å². The Bertz CT molecular complexity index is 823. The van der Waals surface area contributed by atoms with Crippen molar-refractivity contribution in [3.63, 3.8) is 0 Å². The van der Waals surface area contributed by atoms with E-state index in [0.717, 1.165) is 10.5 Å². The largest absolute Gasteiger partial charge is 0.493 e. The van der Waals surface area contributed by atoms with E-state index in [1.165, 1.54) is 7.05 Å². The molecule has 2 amide bonds. The number of benzene rings is 2. The topological polar surface area (TPSA) is 95.9 Å². The van der Waals surface area contributed by atoms with Gasteiger partial charge in [0.05, 0.1) is 18.7 Å². The van der Waals surface area contributed by atoms with E-state index in [2.05, 4.69) is 5.32 Å². The van der Waals surface area contributed by atoms with Crippen LogP contribution in [0.3, 0.4) is 0 Å². The molecule has 0 aromatic heterocycles. The molecule has 0 aliphatic rings. The maximum Gasteiger partial charge on any atom is 0.326 e. The predicted molar refractivity (Wildman–Crippen MR) is 104 cm³/mol. The Kier molecular flexibility index (Phi) is 7.56. The molecule has 2 N–H and O–H groups in total. The van der Waals surface area contributed by atoms with Crippen molar-refractivity contribution < 1.29 is 24.2 Å². The molecule has 2 aromatic rings. The average Bonchev–Trinajstić information content (AvgIpc) is 2.70. The maximum absolute atomic E-state index is 12.4. The van der Waals surface area contributed by atoms with Crippen LogP contribution >= 0.6 is 0 Å². The number of hydrogen-bond donors (Lipinski definition) is 2. The number of aliphatic carboxylic acids is 1. The van der Waals surface area contributed by atoms with Gasteiger partial charge in [0.15, 0.2) is 0 Å². The molecule has 0 radical (unpaired) electrons. The zero-order valence-electron chi connectivity index (χ0n) is 15.9. The summed E-state index contributed by atoms with van der Waals surface area (Å²) in [6, 6.07) is 14.8. The van der Waals surface area contributed by atoms with Crippen LogP contribution in [0.5, 0.6) is 5.75 Å². The molecule has 1 unspecified atom stereocenters. The van der Waals surface area contributed by atoms with Gasteiger partial charge in [-0.1, -0.05) is 42.5 Å². The van der Waals surface area contributed by atoms with Crippen LogP contribution in [0.4, 0.5) is 0 Å². The Morgan fingerprint density at radius 3 is 2.36 bits per heavy atom. The minimum atomic E-state index is -1.10. The molecule has 0 fully saturated rings. The highest BCUT2D eigenvalue weighted by atomic mass is 16.5. The molecule has 148 valence electrons. The van der Waals surface area contributed by atoms with Gasteiger partial charge in [0.2, 0.25) is 5.91 Å². The zero-order chi connectivity index (χ0) is 20.5. The van der Waals surface area contributed by atoms with Crippen molar-refractivity contribution in [2.24, 2.45) is 0 Å². The number of amides is 2. The quantitative estimate of drug-likeness (QED) is 0.689. The smallest absolute Gasteiger partial charge is 0.326 e. The van der Waals surface area contributed by atoms with Crippen LogP contribution in [0.15, 0.2) is 54.6 Å². The monoisotopic (exact) mass is 384 g/mol. The number of carbonyl (C=O) groups is 3. The summed E-state index contributed by atoms with van der Waals surface area (Å²) in [4.78, 5) is 37.6. The van der Waals surface area contributed by atoms with E-state index in [4.69, 9.17) is 4.74 Å². The minimum absolute atomic E-state index is 0.180. The molecule has 1 atom stereocenters. The van der Waals surface area contributed by atoms with Crippen LogP contribution in [0, 0.1) is 0 Å². The SMILES string of the molecule is CCOc1ccccc1C(=O)NCC(=O)N(C)C(Cc1ccccc1)C(=O)O. The molecule has 7 heteroatoms. The summed E-state index contributed by atoms with van der Waals surface area (Å²) in [6.45, 7) is 1.91. The summed E-state index contributed by atoms with van der Waals surface area (Å²) in [7, 11) is 1.42. The van der Waals surface area contributed by atoms with E-state index in [-0.39, 0.29) is 13.0 Å². The second kappa shape index (κ2) is 10.1. The van der Waals surface area contributed by atoms with E-state index in [1.54, 1.807) is 36.4 Å². The van der Waals surface area contributed by atoms with Crippen LogP contribution < -0.4 is 10.1 Å². The third-order valence-corrected chi connectivity index (χ3v) is 4.25. The molecule has 0 aliphatic carbocycles. The van der Waals surface area contributed by atoms with Crippen molar-refractivity contribution in [3.05, 3.63) is 65.7 Å². The average molecular weight is 384 g/mol. The lowest BCUT2D eigenvalue weighted by molar-refractivity contribution is -0.148. The second-order valence-corrected chi connectivity index (χ2v) is 6.16. The van der Waals surface area contributed by atoms with E-state index in [0.29, 0.717) is 17.9 Å². The fourth-order valence-electron chi connectivity index (χ4n) is 2.71. The molecule has 0 saturated carbocycles. The van der Waals surface area contributed by atoms with Crippen LogP contribution in [-0.4, -0.2) is 54.0 Å². The number of likely N-dealkylation sites (N-methyl/N-ethyl adjacent to an activating group) is 1. The van der Waals surface area contributed by atoms with Crippen LogP contribution in [0.25, 0.3) is 0 Å². The summed E-state index contributed by atoms with van der Waals surface area (Å²) in [5.74, 6) is -1.63. The highest BCUT2D eigenvalue weighted by molar-refractivity contribution is 5.99. The van der Waals surface area contributed by atoms with Crippen LogP contribution in [0.2, 0.25) is 0 Å². The predicted octanol–water partition coefficient (Wildman–Crippen LogP) is 1.97. The number of carboxylic acids is 1. The van der Waals surface area contributed by atoms with Gasteiger partial charge in [-0.25, -0.2) is 4.79 Å². The van der Waals surface area contributed by atoms with Crippen LogP contribution in [0.1, 0.15) is 22.8 Å². The van der Waals surface area contributed by atoms with Gasteiger partial charge in [0, 0.05) is 13.5 Å². The molecule has 0 bridgehead atoms. The van der Waals surface area contributed by atoms with Gasteiger partial charge < -0.3 is 20.1 Å². The number of carbonyl (C=O) groups excluding carboxylic acids is 2. The first-order chi connectivity index (χ1) is 13.4. The number of ether oxygens (including phenoxy) is 1. The summed E-state index contributed by atoms with van der Waals surface area (Å²) < 4.78 is 5.41. The molecule has 2 rings (SSSR count). The zero-order valence-corrected chi connectivity index (χ0v) is 15.9. The van der Waals surface area contributed by atoms with Crippen molar-refractivity contribution >= 4 is 17.8 Å². The fraction of sp³-hybridized carbons (Fsp3) is 0.286. The number of para-hydroxylation sites is 1. The lowest BCUT2D eigenvalue weighted by Crippen LogP contribution is -2.47. The van der Waals surface area contributed by atoms with Gasteiger partial charge in [-0.2, -0.15) is 0 Å². The van der Waals surface area contributed by atoms with Crippen molar-refractivity contribution in [1.29, 1.82) is 0 Å². The van der Waals surface area contributed by atoms with Crippen molar-refractivity contribution in [2.45, 2.75) is 19.4 Å². The normalized spacial score (nSPS) is 11.4. The van der Waals surface area contributed by atoms with Gasteiger partial charge in [-0.15, -0.1) is 0 Å². The first kappa shape index (κ1) is 21.0. The molecule has 2 aromatic carbocycles. The molecule has 0 spiro atoms. The van der Waals surface area contributed by atoms with E-state index < -0.39 is 23.8 Å². The minimum Gasteiger partial charge on any atom is -0.493 e. The standard InChI is InChI=1S/C21H24N2O5/c1-3-28-18-12-8-7-11-16(18)20(25)22-14-19(24)23(2)17(21(26)27)13-15-9-5-4-6-10-15/h4-12,17H,3,13-14H2,1-2H3,(H,22,25)(H,26,27). The Hall–Kier alpha value is -3.35. The molecular formula is C21H24N2O5. The third-order valence-electron chi connectivity index (χ3n) is 4.25. The van der Waals surface area contributed by atoms with E-state index in [1.807, 2.05) is 25.1 Å². The highest BCUT2D eigenvalue weighted by Crippen LogP contribution is 2.17. The first-order valence-corrected chi connectivity index (χ1v) is 8.96. The van der Waals surface area contributed by atoms with E-state index >= 15 is 0 Å². The molecule has 0 saturated heterocycles. The summed E-state index contributed by atoms with van der Waals surface area (Å²) >= 11 is 0. The van der Waals surface area contributed by atoms with Crippen LogP contribution in [-0.2, 0) is 16.0 Å². The van der Waals surface area contributed by atoms with Gasteiger partial charge in [0.25, 0.3) is 5.91 Å². The Morgan fingerprint density at radius 1 is 1.07 bits per heavy atom. The first-order valence-electron chi connectivity index (χ1n) is 8.96. The number of rotatable bonds is 9. The number of hydrogen-bond acceptors (Lipinski definition) is 4. The van der Waals surface area contributed by atoms with Gasteiger partial charge in [-0.3, -0.25) is 9.59 Å². The summed E-state index contributed by atoms with van der Waals surface area (Å²) in [5.41, 5.74) is 1.13. The number of carboxylic acid groups (broad SMARTS) is 1. The third kappa shape index (κ3) is 5.57. The summed E-state index contributed by atoms with van der Waals surface area (Å²) in [6.07, 6.45) is 0.180. The van der Waals surface area contributed by atoms with Gasteiger partial charge in [-0.05, 0) is 24.6 Å². The highest BCUT2D eigenvalue weighted by Gasteiger charge is 2.27. The Morgan fingerprint density at radius 2 is 1.71 bits per heavy atom. The fourth-order valence-corrected chi connectivity index (χ4v) is 2.71. The van der Waals surface area contributed by atoms with Crippen molar-refractivity contribution in [2.75, 3.05) is 20.2 Å². The molecule has 0 heterocycles. The lowest BCUT2D eigenvalue weighted by Gasteiger charge is -2.25. The van der Waals surface area contributed by atoms with Gasteiger partial charge in [0.1, 0.15) is 11.8 Å². The number of nitrogens with zero attached hydrogens (tertiary/aromatic N) is 1. The Balaban J connectivity index is 2.00. The second-order valence-electron chi connectivity index (χ2n) is 6.16. The Labute approximate surface area is 163 Å². The molecular weight excluding hydrogens is 360 g/mol. The maximum atomic E-state index is 12.4. The molecule has 7 nitrogen and oxygen atoms in total. The van der Waals surface area contributed by atoms with E-state index in [9.17, 15) is 19.5 Å². The molecule has 28 heavy (non-hydrogen) atoms. The number of nitrogens with one attached hydrogen (secondary N) is 1. The summed E-state index contributed by atoms with van der Waals surface area (Å²) in [5, 5.41) is 12.0.